The van der Waals surface area contributed by atoms with E-state index in [0.29, 0.717) is 11.3 Å². The van der Waals surface area contributed by atoms with E-state index in [2.05, 4.69) is 22.6 Å². The molecule has 3 rings (SSSR count). The van der Waals surface area contributed by atoms with Gasteiger partial charge in [0.25, 0.3) is 0 Å². The van der Waals surface area contributed by atoms with E-state index in [1.807, 2.05) is 48.5 Å². The van der Waals surface area contributed by atoms with Gasteiger partial charge in [0.1, 0.15) is 21.5 Å². The SMILES string of the molecule is COc1ccc([C@H]2Oc3ccccc3C(=O)[C@@H]2I)cc1. The Morgan fingerprint density at radius 2 is 1.80 bits per heavy atom. The van der Waals surface area contributed by atoms with Crippen LogP contribution in [0.2, 0.25) is 0 Å². The van der Waals surface area contributed by atoms with E-state index in [9.17, 15) is 4.79 Å². The lowest BCUT2D eigenvalue weighted by Crippen LogP contribution is -2.31. The molecule has 102 valence electrons. The van der Waals surface area contributed by atoms with Crippen LogP contribution in [0.3, 0.4) is 0 Å². The number of methoxy groups -OCH3 is 1. The average Bonchev–Trinajstić information content (AvgIpc) is 2.51. The van der Waals surface area contributed by atoms with Crippen LogP contribution in [-0.2, 0) is 0 Å². The topological polar surface area (TPSA) is 35.5 Å². The van der Waals surface area contributed by atoms with E-state index < -0.39 is 0 Å². The van der Waals surface area contributed by atoms with Crippen molar-refractivity contribution < 1.29 is 14.3 Å². The smallest absolute Gasteiger partial charge is 0.183 e. The molecule has 1 heterocycles. The Kier molecular flexibility index (Phi) is 3.65. The van der Waals surface area contributed by atoms with Gasteiger partial charge in [0, 0.05) is 0 Å². The van der Waals surface area contributed by atoms with Crippen LogP contribution in [0.4, 0.5) is 0 Å². The Morgan fingerprint density at radius 3 is 2.50 bits per heavy atom. The molecule has 0 amide bonds. The summed E-state index contributed by atoms with van der Waals surface area (Å²) in [6, 6.07) is 15.0. The first kappa shape index (κ1) is 13.4. The molecule has 1 aliphatic heterocycles. The average molecular weight is 380 g/mol. The fourth-order valence-corrected chi connectivity index (χ4v) is 3.18. The number of ketones is 1. The highest BCUT2D eigenvalue weighted by Gasteiger charge is 2.36. The molecule has 0 aliphatic carbocycles. The molecule has 0 unspecified atom stereocenters. The summed E-state index contributed by atoms with van der Waals surface area (Å²) in [5.74, 6) is 1.57. The quantitative estimate of drug-likeness (QED) is 0.587. The summed E-state index contributed by atoms with van der Waals surface area (Å²) in [5, 5.41) is 0. The van der Waals surface area contributed by atoms with Crippen LogP contribution in [0.1, 0.15) is 22.0 Å². The van der Waals surface area contributed by atoms with Crippen LogP contribution in [-0.4, -0.2) is 16.8 Å². The van der Waals surface area contributed by atoms with Crippen LogP contribution in [0, 0.1) is 0 Å². The number of Topliss-reactive ketones (excluding diaryl/α,β-unsaturated/α-hetero) is 1. The van der Waals surface area contributed by atoms with Gasteiger partial charge >= 0.3 is 0 Å². The number of carbonyl (C=O) groups excluding carboxylic acids is 1. The van der Waals surface area contributed by atoms with E-state index in [1.54, 1.807) is 7.11 Å². The van der Waals surface area contributed by atoms with Gasteiger partial charge < -0.3 is 9.47 Å². The van der Waals surface area contributed by atoms with Crippen molar-refractivity contribution in [1.82, 2.24) is 0 Å². The van der Waals surface area contributed by atoms with Gasteiger partial charge in [-0.25, -0.2) is 0 Å². The van der Waals surface area contributed by atoms with Crippen molar-refractivity contribution in [3.63, 3.8) is 0 Å². The van der Waals surface area contributed by atoms with Gasteiger partial charge in [-0.2, -0.15) is 0 Å². The number of hydrogen-bond acceptors (Lipinski definition) is 3. The number of rotatable bonds is 2. The van der Waals surface area contributed by atoms with E-state index in [-0.39, 0.29) is 15.8 Å². The van der Waals surface area contributed by atoms with Crippen molar-refractivity contribution in [3.8, 4) is 11.5 Å². The van der Waals surface area contributed by atoms with Gasteiger partial charge in [-0.15, -0.1) is 0 Å². The van der Waals surface area contributed by atoms with Crippen molar-refractivity contribution >= 4 is 28.4 Å². The van der Waals surface area contributed by atoms with Crippen LogP contribution in [0.15, 0.2) is 48.5 Å². The van der Waals surface area contributed by atoms with Crippen molar-refractivity contribution in [2.75, 3.05) is 7.11 Å². The molecule has 0 bridgehead atoms. The summed E-state index contributed by atoms with van der Waals surface area (Å²) < 4.78 is 10.9. The van der Waals surface area contributed by atoms with E-state index >= 15 is 0 Å². The Hall–Kier alpha value is -1.56. The highest BCUT2D eigenvalue weighted by Crippen LogP contribution is 2.38. The molecule has 4 heteroatoms. The summed E-state index contributed by atoms with van der Waals surface area (Å²) in [4.78, 5) is 12.4. The zero-order valence-corrected chi connectivity index (χ0v) is 13.0. The Labute approximate surface area is 131 Å². The third kappa shape index (κ3) is 2.28. The van der Waals surface area contributed by atoms with Crippen molar-refractivity contribution in [1.29, 1.82) is 0 Å². The monoisotopic (exact) mass is 380 g/mol. The molecule has 0 spiro atoms. The fourth-order valence-electron chi connectivity index (χ4n) is 2.29. The zero-order chi connectivity index (χ0) is 14.1. The highest BCUT2D eigenvalue weighted by atomic mass is 127. The molecule has 2 atom stereocenters. The minimum Gasteiger partial charge on any atom is -0.497 e. The maximum atomic E-state index is 12.4. The largest absolute Gasteiger partial charge is 0.497 e. The molecular formula is C16H13IO3. The number of benzene rings is 2. The molecule has 0 fully saturated rings. The van der Waals surface area contributed by atoms with Gasteiger partial charge in [0.05, 0.1) is 12.7 Å². The molecule has 0 aromatic heterocycles. The Morgan fingerprint density at radius 1 is 1.10 bits per heavy atom. The highest BCUT2D eigenvalue weighted by molar-refractivity contribution is 14.1. The molecule has 2 aromatic carbocycles. The maximum absolute atomic E-state index is 12.4. The summed E-state index contributed by atoms with van der Waals surface area (Å²) in [7, 11) is 1.63. The first-order chi connectivity index (χ1) is 9.70. The van der Waals surface area contributed by atoms with Crippen LogP contribution < -0.4 is 9.47 Å². The number of alkyl halides is 1. The second-order valence-electron chi connectivity index (χ2n) is 4.57. The van der Waals surface area contributed by atoms with E-state index in [0.717, 1.165) is 11.3 Å². The number of ether oxygens (including phenoxy) is 2. The first-order valence-corrected chi connectivity index (χ1v) is 7.53. The molecule has 1 aliphatic rings. The van der Waals surface area contributed by atoms with E-state index in [1.165, 1.54) is 0 Å². The third-order valence-electron chi connectivity index (χ3n) is 3.37. The molecule has 3 nitrogen and oxygen atoms in total. The normalized spacial score (nSPS) is 21.0. The maximum Gasteiger partial charge on any atom is 0.183 e. The van der Waals surface area contributed by atoms with Crippen molar-refractivity contribution in [2.24, 2.45) is 0 Å². The minimum atomic E-state index is -0.260. The molecule has 0 saturated heterocycles. The molecule has 0 radical (unpaired) electrons. The first-order valence-electron chi connectivity index (χ1n) is 6.28. The third-order valence-corrected chi connectivity index (χ3v) is 4.59. The Bertz CT molecular complexity index is 636. The van der Waals surface area contributed by atoms with Crippen LogP contribution >= 0.6 is 22.6 Å². The van der Waals surface area contributed by atoms with Gasteiger partial charge in [0.15, 0.2) is 5.78 Å². The molecule has 20 heavy (non-hydrogen) atoms. The number of fused-ring (bicyclic) bond motifs is 1. The van der Waals surface area contributed by atoms with Gasteiger partial charge in [-0.05, 0) is 29.8 Å². The van der Waals surface area contributed by atoms with Crippen molar-refractivity contribution in [3.05, 3.63) is 59.7 Å². The summed E-state index contributed by atoms with van der Waals surface area (Å²) in [6.07, 6.45) is -0.260. The van der Waals surface area contributed by atoms with Gasteiger partial charge in [0.2, 0.25) is 0 Å². The van der Waals surface area contributed by atoms with Crippen LogP contribution in [0.5, 0.6) is 11.5 Å². The molecular weight excluding hydrogens is 367 g/mol. The van der Waals surface area contributed by atoms with Crippen LogP contribution in [0.25, 0.3) is 0 Å². The fraction of sp³-hybridized carbons (Fsp3) is 0.188. The molecule has 2 aromatic rings. The number of hydrogen-bond donors (Lipinski definition) is 0. The lowest BCUT2D eigenvalue weighted by molar-refractivity contribution is 0.0880. The zero-order valence-electron chi connectivity index (χ0n) is 10.9. The summed E-state index contributed by atoms with van der Waals surface area (Å²) in [5.41, 5.74) is 1.64. The lowest BCUT2D eigenvalue weighted by atomic mass is 9.96. The van der Waals surface area contributed by atoms with Crippen molar-refractivity contribution in [2.45, 2.75) is 10.0 Å². The second-order valence-corrected chi connectivity index (χ2v) is 5.92. The summed E-state index contributed by atoms with van der Waals surface area (Å²) >= 11 is 2.16. The molecule has 0 N–H and O–H groups in total. The van der Waals surface area contributed by atoms with Gasteiger partial charge in [-0.1, -0.05) is 46.9 Å². The predicted octanol–water partition coefficient (Wildman–Crippen LogP) is 3.82. The standard InChI is InChI=1S/C16H13IO3/c1-19-11-8-6-10(7-9-11)16-14(17)15(18)12-4-2-3-5-13(12)20-16/h2-9,14,16H,1H3/t14-,16+/m0/s1. The number of para-hydroxylation sites is 1. The molecule has 0 saturated carbocycles. The minimum absolute atomic E-state index is 0.119. The summed E-state index contributed by atoms with van der Waals surface area (Å²) in [6.45, 7) is 0. The van der Waals surface area contributed by atoms with E-state index in [4.69, 9.17) is 9.47 Å². The Balaban J connectivity index is 1.97. The lowest BCUT2D eigenvalue weighted by Gasteiger charge is -2.29. The number of carbonyl (C=O) groups is 1. The number of halogens is 1. The van der Waals surface area contributed by atoms with Gasteiger partial charge in [-0.3, -0.25) is 4.79 Å². The second kappa shape index (κ2) is 5.44. The predicted molar refractivity (Wildman–Crippen MR) is 84.9 cm³/mol.